The third-order valence-corrected chi connectivity index (χ3v) is 5.99. The Morgan fingerprint density at radius 1 is 1.00 bits per heavy atom. The lowest BCUT2D eigenvalue weighted by Crippen LogP contribution is -2.37. The van der Waals surface area contributed by atoms with E-state index in [1.807, 2.05) is 43.4 Å². The highest BCUT2D eigenvalue weighted by Gasteiger charge is 2.51. The molecule has 1 fully saturated rings. The van der Waals surface area contributed by atoms with Gasteiger partial charge < -0.3 is 9.88 Å². The molecule has 0 unspecified atom stereocenters. The second-order valence-electron chi connectivity index (χ2n) is 7.82. The molecule has 4 aromatic rings. The van der Waals surface area contributed by atoms with Gasteiger partial charge in [-0.1, -0.05) is 24.3 Å². The summed E-state index contributed by atoms with van der Waals surface area (Å²) in [6, 6.07) is 17.7. The second kappa shape index (κ2) is 7.47. The van der Waals surface area contributed by atoms with Gasteiger partial charge in [-0.2, -0.15) is 0 Å². The molecule has 0 spiro atoms. The summed E-state index contributed by atoms with van der Waals surface area (Å²) in [5, 5.41) is 0. The van der Waals surface area contributed by atoms with E-state index >= 15 is 0 Å². The number of nitrogens with one attached hydrogen (secondary N) is 1. The first-order valence-corrected chi connectivity index (χ1v) is 10.2. The summed E-state index contributed by atoms with van der Waals surface area (Å²) in [4.78, 5) is 27.2. The zero-order valence-corrected chi connectivity index (χ0v) is 17.0. The van der Waals surface area contributed by atoms with Crippen LogP contribution < -0.4 is 0 Å². The molecular weight excluding hydrogens is 391 g/mol. The van der Waals surface area contributed by atoms with Gasteiger partial charge in [-0.3, -0.25) is 9.78 Å². The van der Waals surface area contributed by atoms with Gasteiger partial charge in [-0.05, 0) is 60.4 Å². The monoisotopic (exact) mass is 412 g/mol. The fourth-order valence-corrected chi connectivity index (χ4v) is 4.07. The molecule has 0 radical (unpaired) electrons. The number of nitrogens with zero attached hydrogens (tertiary/aromatic N) is 3. The second-order valence-corrected chi connectivity index (χ2v) is 7.82. The number of H-pyrrole nitrogens is 1. The van der Waals surface area contributed by atoms with Crippen LogP contribution in [-0.2, 0) is 5.54 Å². The maximum absolute atomic E-state index is 13.4. The van der Waals surface area contributed by atoms with Crippen molar-refractivity contribution in [1.82, 2.24) is 19.9 Å². The van der Waals surface area contributed by atoms with E-state index in [2.05, 4.69) is 15.0 Å². The lowest BCUT2D eigenvalue weighted by Gasteiger charge is -2.28. The standard InChI is InChI=1S/C25H21FN4O/c1-30(25(11-12-25)22-4-2-3-13-27-22)24(31)18-7-10-20(17-5-8-19(26)9-6-17)21(16-18)23-28-14-15-29-23/h2-10,13-16H,11-12H2,1H3,(H,28,29). The molecule has 0 saturated heterocycles. The van der Waals surface area contributed by atoms with Gasteiger partial charge >= 0.3 is 0 Å². The minimum atomic E-state index is -0.348. The zero-order chi connectivity index (χ0) is 21.4. The van der Waals surface area contributed by atoms with Crippen LogP contribution in [0.2, 0.25) is 0 Å². The number of pyridine rings is 1. The third-order valence-electron chi connectivity index (χ3n) is 5.99. The zero-order valence-electron chi connectivity index (χ0n) is 17.0. The van der Waals surface area contributed by atoms with E-state index in [-0.39, 0.29) is 17.3 Å². The fourth-order valence-electron chi connectivity index (χ4n) is 4.07. The number of aromatic nitrogens is 3. The number of hydrogen-bond acceptors (Lipinski definition) is 3. The highest BCUT2D eigenvalue weighted by molar-refractivity contribution is 5.97. The summed E-state index contributed by atoms with van der Waals surface area (Å²) in [5.74, 6) is 0.296. The van der Waals surface area contributed by atoms with Crippen molar-refractivity contribution in [2.24, 2.45) is 0 Å². The molecule has 5 nitrogen and oxygen atoms in total. The van der Waals surface area contributed by atoms with Crippen LogP contribution in [0, 0.1) is 5.82 Å². The molecule has 1 amide bonds. The predicted octanol–water partition coefficient (Wildman–Crippen LogP) is 5.04. The third kappa shape index (κ3) is 3.40. The topological polar surface area (TPSA) is 61.9 Å². The van der Waals surface area contributed by atoms with Crippen molar-refractivity contribution < 1.29 is 9.18 Å². The smallest absolute Gasteiger partial charge is 0.254 e. The van der Waals surface area contributed by atoms with Crippen molar-refractivity contribution >= 4 is 5.91 Å². The molecule has 1 saturated carbocycles. The van der Waals surface area contributed by atoms with Crippen molar-refractivity contribution in [3.8, 4) is 22.5 Å². The quantitative estimate of drug-likeness (QED) is 0.500. The van der Waals surface area contributed by atoms with Crippen LogP contribution in [0.25, 0.3) is 22.5 Å². The molecule has 6 heteroatoms. The van der Waals surface area contributed by atoms with Crippen LogP contribution in [0.1, 0.15) is 28.9 Å². The van der Waals surface area contributed by atoms with Crippen molar-refractivity contribution in [3.63, 3.8) is 0 Å². The SMILES string of the molecule is CN(C(=O)c1ccc(-c2ccc(F)cc2)c(-c2ncc[nH]2)c1)C1(c2ccccn2)CC1. The van der Waals surface area contributed by atoms with E-state index < -0.39 is 0 Å². The van der Waals surface area contributed by atoms with E-state index in [9.17, 15) is 9.18 Å². The maximum Gasteiger partial charge on any atom is 0.254 e. The van der Waals surface area contributed by atoms with Crippen LogP contribution in [0.5, 0.6) is 0 Å². The fraction of sp³-hybridized carbons (Fsp3) is 0.160. The number of halogens is 1. The Bertz CT molecular complexity index is 1220. The van der Waals surface area contributed by atoms with Gasteiger partial charge in [0, 0.05) is 36.8 Å². The summed E-state index contributed by atoms with van der Waals surface area (Å²) in [7, 11) is 1.84. The summed E-state index contributed by atoms with van der Waals surface area (Å²) in [6.07, 6.45) is 6.96. The summed E-state index contributed by atoms with van der Waals surface area (Å²) >= 11 is 0. The summed E-state index contributed by atoms with van der Waals surface area (Å²) in [6.45, 7) is 0. The number of imidazole rings is 1. The molecule has 2 heterocycles. The van der Waals surface area contributed by atoms with Gasteiger partial charge in [0.1, 0.15) is 11.6 Å². The van der Waals surface area contributed by atoms with E-state index in [1.165, 1.54) is 12.1 Å². The average Bonchev–Trinajstić information content (AvgIpc) is 3.45. The summed E-state index contributed by atoms with van der Waals surface area (Å²) in [5.41, 5.74) is 3.66. The molecule has 31 heavy (non-hydrogen) atoms. The molecule has 0 atom stereocenters. The van der Waals surface area contributed by atoms with Gasteiger partial charge in [0.05, 0.1) is 11.2 Å². The highest BCUT2D eigenvalue weighted by Crippen LogP contribution is 2.50. The number of carbonyl (C=O) groups excluding carboxylic acids is 1. The lowest BCUT2D eigenvalue weighted by molar-refractivity contribution is 0.0701. The van der Waals surface area contributed by atoms with Gasteiger partial charge in [0.2, 0.25) is 0 Å². The number of benzene rings is 2. The summed E-state index contributed by atoms with van der Waals surface area (Å²) < 4.78 is 13.4. The number of aromatic amines is 1. The van der Waals surface area contributed by atoms with Gasteiger partial charge in [0.25, 0.3) is 5.91 Å². The Labute approximate surface area is 179 Å². The molecule has 5 rings (SSSR count). The van der Waals surface area contributed by atoms with Crippen LogP contribution in [0.15, 0.2) is 79.3 Å². The minimum absolute atomic E-state index is 0.0679. The number of carbonyl (C=O) groups is 1. The molecule has 0 bridgehead atoms. The molecular formula is C25H21FN4O. The number of amides is 1. The highest BCUT2D eigenvalue weighted by atomic mass is 19.1. The Hall–Kier alpha value is -3.80. The minimum Gasteiger partial charge on any atom is -0.345 e. The van der Waals surface area contributed by atoms with Crippen LogP contribution in [0.3, 0.4) is 0 Å². The van der Waals surface area contributed by atoms with Crippen LogP contribution >= 0.6 is 0 Å². The van der Waals surface area contributed by atoms with E-state index in [4.69, 9.17) is 0 Å². The normalized spacial score (nSPS) is 14.3. The number of rotatable bonds is 5. The lowest BCUT2D eigenvalue weighted by atomic mass is 9.96. The molecule has 0 aliphatic heterocycles. The molecule has 154 valence electrons. The average molecular weight is 412 g/mol. The van der Waals surface area contributed by atoms with Gasteiger partial charge in [-0.15, -0.1) is 0 Å². The van der Waals surface area contributed by atoms with E-state index in [0.717, 1.165) is 35.2 Å². The van der Waals surface area contributed by atoms with E-state index in [0.29, 0.717) is 11.4 Å². The largest absolute Gasteiger partial charge is 0.345 e. The van der Waals surface area contributed by atoms with Crippen LogP contribution in [0.4, 0.5) is 4.39 Å². The Morgan fingerprint density at radius 2 is 1.81 bits per heavy atom. The van der Waals surface area contributed by atoms with Crippen molar-refractivity contribution in [3.05, 3.63) is 96.3 Å². The number of hydrogen-bond donors (Lipinski definition) is 1. The Kier molecular flexibility index (Phi) is 4.62. The first kappa shape index (κ1) is 19.2. The van der Waals surface area contributed by atoms with Crippen LogP contribution in [-0.4, -0.2) is 32.8 Å². The Balaban J connectivity index is 1.54. The van der Waals surface area contributed by atoms with Crippen molar-refractivity contribution in [2.45, 2.75) is 18.4 Å². The molecule has 1 N–H and O–H groups in total. The molecule has 1 aliphatic rings. The first-order chi connectivity index (χ1) is 15.1. The van der Waals surface area contributed by atoms with E-state index in [1.54, 1.807) is 35.6 Å². The van der Waals surface area contributed by atoms with Gasteiger partial charge in [0.15, 0.2) is 0 Å². The van der Waals surface area contributed by atoms with Crippen molar-refractivity contribution in [2.75, 3.05) is 7.05 Å². The van der Waals surface area contributed by atoms with Gasteiger partial charge in [-0.25, -0.2) is 9.37 Å². The van der Waals surface area contributed by atoms with Crippen molar-refractivity contribution in [1.29, 1.82) is 0 Å². The molecule has 1 aliphatic carbocycles. The Morgan fingerprint density at radius 3 is 2.45 bits per heavy atom. The predicted molar refractivity (Wildman–Crippen MR) is 117 cm³/mol. The maximum atomic E-state index is 13.4. The first-order valence-electron chi connectivity index (χ1n) is 10.2. The molecule has 2 aromatic carbocycles. The molecule has 2 aromatic heterocycles.